The lowest BCUT2D eigenvalue weighted by Crippen LogP contribution is -2.35. The molecular weight excluding hydrogens is 216 g/mol. The van der Waals surface area contributed by atoms with Gasteiger partial charge in [-0.15, -0.1) is 0 Å². The highest BCUT2D eigenvalue weighted by Gasteiger charge is 2.12. The van der Waals surface area contributed by atoms with E-state index in [1.165, 1.54) is 0 Å². The summed E-state index contributed by atoms with van der Waals surface area (Å²) in [6.07, 6.45) is 5.24. The van der Waals surface area contributed by atoms with Crippen molar-refractivity contribution in [2.45, 2.75) is 39.8 Å². The van der Waals surface area contributed by atoms with Gasteiger partial charge in [-0.2, -0.15) is 4.98 Å². The van der Waals surface area contributed by atoms with E-state index in [2.05, 4.69) is 36.1 Å². The monoisotopic (exact) mass is 234 g/mol. The third kappa shape index (κ3) is 2.94. The molecule has 0 saturated carbocycles. The fourth-order valence-electron chi connectivity index (χ4n) is 1.42. The zero-order chi connectivity index (χ0) is 12.5. The Morgan fingerprint density at radius 2 is 2.18 bits per heavy atom. The van der Waals surface area contributed by atoms with Gasteiger partial charge in [0.2, 0.25) is 0 Å². The molecular formula is C12H18N4O. The van der Waals surface area contributed by atoms with E-state index in [1.807, 2.05) is 17.7 Å². The van der Waals surface area contributed by atoms with E-state index in [-0.39, 0.29) is 5.54 Å². The summed E-state index contributed by atoms with van der Waals surface area (Å²) in [5.41, 5.74) is 0.965. The van der Waals surface area contributed by atoms with E-state index in [1.54, 1.807) is 12.5 Å². The number of hydrogen-bond acceptors (Lipinski definition) is 4. The summed E-state index contributed by atoms with van der Waals surface area (Å²) in [6.45, 7) is 8.97. The van der Waals surface area contributed by atoms with Crippen LogP contribution in [-0.2, 0) is 6.54 Å². The van der Waals surface area contributed by atoms with Crippen LogP contribution < -0.4 is 5.32 Å². The third-order valence-electron chi connectivity index (χ3n) is 2.37. The molecule has 1 N–H and O–H groups in total. The fourth-order valence-corrected chi connectivity index (χ4v) is 1.42. The van der Waals surface area contributed by atoms with Gasteiger partial charge in [0.25, 0.3) is 0 Å². The summed E-state index contributed by atoms with van der Waals surface area (Å²) in [5.74, 6) is 0.863. The zero-order valence-corrected chi connectivity index (χ0v) is 10.7. The van der Waals surface area contributed by atoms with Gasteiger partial charge < -0.3 is 9.73 Å². The molecule has 0 atom stereocenters. The predicted molar refractivity (Wildman–Crippen MR) is 65.0 cm³/mol. The molecule has 0 unspecified atom stereocenters. The molecule has 0 aliphatic rings. The van der Waals surface area contributed by atoms with Gasteiger partial charge in [0.05, 0.1) is 5.69 Å². The molecule has 2 aromatic rings. The summed E-state index contributed by atoms with van der Waals surface area (Å²) in [7, 11) is 0. The quantitative estimate of drug-likeness (QED) is 0.883. The second kappa shape index (κ2) is 4.33. The van der Waals surface area contributed by atoms with Gasteiger partial charge in [-0.25, -0.2) is 4.98 Å². The molecule has 92 valence electrons. The average Bonchev–Trinajstić information content (AvgIpc) is 2.81. The largest absolute Gasteiger partial charge is 0.431 e. The van der Waals surface area contributed by atoms with E-state index in [0.717, 1.165) is 11.5 Å². The number of aryl methyl sites for hydroxylation is 1. The predicted octanol–water partition coefficient (Wildman–Crippen LogP) is 2.06. The average molecular weight is 234 g/mol. The van der Waals surface area contributed by atoms with Crippen molar-refractivity contribution in [3.8, 4) is 6.01 Å². The van der Waals surface area contributed by atoms with Crippen LogP contribution in [-0.4, -0.2) is 20.1 Å². The normalized spacial score (nSPS) is 12.0. The van der Waals surface area contributed by atoms with Gasteiger partial charge >= 0.3 is 6.01 Å². The Kier molecular flexibility index (Phi) is 3.02. The van der Waals surface area contributed by atoms with Gasteiger partial charge in [0.1, 0.15) is 12.1 Å². The summed E-state index contributed by atoms with van der Waals surface area (Å²) in [5, 5.41) is 3.36. The third-order valence-corrected chi connectivity index (χ3v) is 2.37. The van der Waals surface area contributed by atoms with Crippen LogP contribution in [0.5, 0.6) is 0 Å². The van der Waals surface area contributed by atoms with E-state index in [0.29, 0.717) is 12.6 Å². The topological polar surface area (TPSA) is 55.9 Å². The van der Waals surface area contributed by atoms with Crippen molar-refractivity contribution in [2.75, 3.05) is 0 Å². The lowest BCUT2D eigenvalue weighted by Gasteiger charge is -2.19. The van der Waals surface area contributed by atoms with E-state index >= 15 is 0 Å². The van der Waals surface area contributed by atoms with Crippen molar-refractivity contribution < 1.29 is 4.42 Å². The molecule has 0 aliphatic carbocycles. The van der Waals surface area contributed by atoms with E-state index in [4.69, 9.17) is 4.42 Å². The van der Waals surface area contributed by atoms with Crippen LogP contribution in [0.2, 0.25) is 0 Å². The first kappa shape index (κ1) is 11.9. The molecule has 0 aromatic carbocycles. The maximum atomic E-state index is 5.43. The number of rotatable bonds is 3. The van der Waals surface area contributed by atoms with Gasteiger partial charge in [-0.3, -0.25) is 4.57 Å². The molecule has 0 bridgehead atoms. The maximum Gasteiger partial charge on any atom is 0.307 e. The number of hydrogen-bond donors (Lipinski definition) is 1. The first-order valence-corrected chi connectivity index (χ1v) is 5.65. The second-order valence-corrected chi connectivity index (χ2v) is 5.07. The van der Waals surface area contributed by atoms with Crippen molar-refractivity contribution >= 4 is 0 Å². The minimum Gasteiger partial charge on any atom is -0.431 e. The minimum absolute atomic E-state index is 0.0734. The first-order chi connectivity index (χ1) is 7.96. The number of nitrogens with zero attached hydrogens (tertiary/aromatic N) is 3. The van der Waals surface area contributed by atoms with Crippen LogP contribution in [0.15, 0.2) is 23.1 Å². The van der Waals surface area contributed by atoms with Crippen LogP contribution in [0.25, 0.3) is 6.01 Å². The Labute approximate surface area is 101 Å². The van der Waals surface area contributed by atoms with Crippen molar-refractivity contribution in [3.05, 3.63) is 30.2 Å². The molecule has 0 fully saturated rings. The summed E-state index contributed by atoms with van der Waals surface area (Å²) >= 11 is 0. The van der Waals surface area contributed by atoms with Gasteiger partial charge in [-0.05, 0) is 27.7 Å². The Morgan fingerprint density at radius 1 is 1.41 bits per heavy atom. The van der Waals surface area contributed by atoms with Crippen molar-refractivity contribution in [1.82, 2.24) is 19.9 Å². The summed E-state index contributed by atoms with van der Waals surface area (Å²) in [4.78, 5) is 8.55. The Bertz CT molecular complexity index is 493. The molecule has 2 aromatic heterocycles. The smallest absolute Gasteiger partial charge is 0.307 e. The molecule has 0 aliphatic heterocycles. The molecule has 2 rings (SSSR count). The molecule has 5 nitrogen and oxygen atoms in total. The van der Waals surface area contributed by atoms with Crippen LogP contribution in [0.4, 0.5) is 0 Å². The standard InChI is InChI=1S/C12H18N4O/c1-9-13-5-6-16(9)11-15-10(8-17-11)7-14-12(2,3)4/h5-6,8,14H,7H2,1-4H3. The lowest BCUT2D eigenvalue weighted by molar-refractivity contribution is 0.421. The number of imidazole rings is 1. The maximum absolute atomic E-state index is 5.43. The zero-order valence-electron chi connectivity index (χ0n) is 10.7. The second-order valence-electron chi connectivity index (χ2n) is 5.07. The highest BCUT2D eigenvalue weighted by molar-refractivity contribution is 5.13. The molecule has 5 heteroatoms. The van der Waals surface area contributed by atoms with Crippen molar-refractivity contribution in [3.63, 3.8) is 0 Å². The SMILES string of the molecule is Cc1nccn1-c1nc(CNC(C)(C)C)co1. The van der Waals surface area contributed by atoms with Crippen LogP contribution in [0.1, 0.15) is 32.3 Å². The minimum atomic E-state index is 0.0734. The molecule has 0 amide bonds. The van der Waals surface area contributed by atoms with Crippen LogP contribution >= 0.6 is 0 Å². The lowest BCUT2D eigenvalue weighted by atomic mass is 10.1. The molecule has 0 spiro atoms. The molecule has 2 heterocycles. The van der Waals surface area contributed by atoms with Gasteiger partial charge in [0, 0.05) is 24.5 Å². The number of oxazole rings is 1. The van der Waals surface area contributed by atoms with E-state index in [9.17, 15) is 0 Å². The van der Waals surface area contributed by atoms with Crippen molar-refractivity contribution in [2.24, 2.45) is 0 Å². The van der Waals surface area contributed by atoms with Gasteiger partial charge in [0.15, 0.2) is 0 Å². The Hall–Kier alpha value is -1.62. The van der Waals surface area contributed by atoms with Crippen LogP contribution in [0.3, 0.4) is 0 Å². The summed E-state index contributed by atoms with van der Waals surface area (Å²) in [6, 6.07) is 0.561. The highest BCUT2D eigenvalue weighted by Crippen LogP contribution is 2.11. The Balaban J connectivity index is 2.09. The number of nitrogens with one attached hydrogen (secondary N) is 1. The molecule has 17 heavy (non-hydrogen) atoms. The fraction of sp³-hybridized carbons (Fsp3) is 0.500. The Morgan fingerprint density at radius 3 is 2.76 bits per heavy atom. The van der Waals surface area contributed by atoms with Gasteiger partial charge in [-0.1, -0.05) is 0 Å². The molecule has 0 saturated heterocycles. The highest BCUT2D eigenvalue weighted by atomic mass is 16.4. The number of aromatic nitrogens is 3. The first-order valence-electron chi connectivity index (χ1n) is 5.65. The van der Waals surface area contributed by atoms with Crippen molar-refractivity contribution in [1.29, 1.82) is 0 Å². The molecule has 0 radical (unpaired) electrons. The summed E-state index contributed by atoms with van der Waals surface area (Å²) < 4.78 is 7.25. The van der Waals surface area contributed by atoms with E-state index < -0.39 is 0 Å². The van der Waals surface area contributed by atoms with Crippen LogP contribution in [0, 0.1) is 6.92 Å².